The van der Waals surface area contributed by atoms with Crippen molar-refractivity contribution in [2.45, 2.75) is 0 Å². The van der Waals surface area contributed by atoms with Gasteiger partial charge in [0.15, 0.2) is 6.61 Å². The Bertz CT molecular complexity index is 361. The molecule has 0 saturated carbocycles. The summed E-state index contributed by atoms with van der Waals surface area (Å²) >= 11 is 5.52. The van der Waals surface area contributed by atoms with Gasteiger partial charge in [0.2, 0.25) is 5.28 Å². The normalized spacial score (nSPS) is 9.73. The van der Waals surface area contributed by atoms with E-state index in [1.165, 1.54) is 7.11 Å². The van der Waals surface area contributed by atoms with Crippen LogP contribution >= 0.6 is 11.6 Å². The topological polar surface area (TPSA) is 106 Å². The Morgan fingerprint density at radius 1 is 1.53 bits per heavy atom. The molecule has 0 radical (unpaired) electrons. The number of ether oxygens (including phenoxy) is 1. The van der Waals surface area contributed by atoms with Crippen LogP contribution in [0.3, 0.4) is 0 Å². The number of nitrogens with one attached hydrogen (secondary N) is 1. The van der Waals surface area contributed by atoms with Gasteiger partial charge in [0.05, 0.1) is 7.11 Å². The third-order valence-electron chi connectivity index (χ3n) is 1.13. The van der Waals surface area contributed by atoms with E-state index >= 15 is 0 Å². The van der Waals surface area contributed by atoms with Crippen molar-refractivity contribution in [3.05, 3.63) is 5.28 Å². The van der Waals surface area contributed by atoms with Gasteiger partial charge in [0.25, 0.3) is 5.95 Å². The van der Waals surface area contributed by atoms with Crippen molar-refractivity contribution < 1.29 is 19.5 Å². The van der Waals surface area contributed by atoms with E-state index < -0.39 is 12.6 Å². The molecule has 1 aromatic rings. The van der Waals surface area contributed by atoms with E-state index in [0.29, 0.717) is 0 Å². The Kier molecular flexibility index (Phi) is 4.01. The molecule has 0 atom stereocenters. The van der Waals surface area contributed by atoms with E-state index in [9.17, 15) is 4.79 Å². The molecule has 0 aromatic carbocycles. The van der Waals surface area contributed by atoms with E-state index in [1.54, 1.807) is 0 Å². The number of carbonyl (C=O) groups is 1. The number of carboxylic acid groups (broad SMARTS) is 1. The summed E-state index contributed by atoms with van der Waals surface area (Å²) in [6, 6.07) is -0.00331. The molecule has 1 aromatic heterocycles. The zero-order valence-electron chi connectivity index (χ0n) is 7.60. The monoisotopic (exact) mass is 234 g/mol. The fourth-order valence-corrected chi connectivity index (χ4v) is 0.784. The zero-order chi connectivity index (χ0) is 11.3. The predicted molar refractivity (Wildman–Crippen MR) is 48.6 cm³/mol. The van der Waals surface area contributed by atoms with Gasteiger partial charge in [-0.1, -0.05) is 0 Å². The standard InChI is InChI=1S/C6H7ClN4O4/c1-14-6-9-4(7)8-5(10-6)11-15-2-3(12)13/h2H2,1H3,(H,12,13)(H,8,9,10,11). The first-order valence-electron chi connectivity index (χ1n) is 3.67. The Labute approximate surface area is 89.2 Å². The number of methoxy groups -OCH3 is 1. The number of aromatic nitrogens is 3. The summed E-state index contributed by atoms with van der Waals surface area (Å²) < 4.78 is 4.70. The van der Waals surface area contributed by atoms with E-state index in [-0.39, 0.29) is 17.2 Å². The van der Waals surface area contributed by atoms with Crippen LogP contribution in [0, 0.1) is 0 Å². The Morgan fingerprint density at radius 2 is 2.27 bits per heavy atom. The summed E-state index contributed by atoms with van der Waals surface area (Å²) in [5.74, 6) is -1.16. The lowest BCUT2D eigenvalue weighted by Crippen LogP contribution is -2.13. The number of aliphatic carboxylic acids is 1. The van der Waals surface area contributed by atoms with Gasteiger partial charge in [-0.15, -0.1) is 0 Å². The van der Waals surface area contributed by atoms with Crippen LogP contribution in [-0.4, -0.2) is 39.7 Å². The first-order chi connectivity index (χ1) is 7.11. The second-order valence-electron chi connectivity index (χ2n) is 2.20. The smallest absolute Gasteiger partial charge is 0.332 e. The highest BCUT2D eigenvalue weighted by molar-refractivity contribution is 6.28. The van der Waals surface area contributed by atoms with Crippen molar-refractivity contribution in [3.63, 3.8) is 0 Å². The van der Waals surface area contributed by atoms with Gasteiger partial charge >= 0.3 is 12.0 Å². The Morgan fingerprint density at radius 3 is 2.87 bits per heavy atom. The number of anilines is 1. The van der Waals surface area contributed by atoms with Crippen LogP contribution in [0.4, 0.5) is 5.95 Å². The highest BCUT2D eigenvalue weighted by Crippen LogP contribution is 2.10. The summed E-state index contributed by atoms with van der Waals surface area (Å²) in [4.78, 5) is 25.5. The highest BCUT2D eigenvalue weighted by atomic mass is 35.5. The summed E-state index contributed by atoms with van der Waals surface area (Å²) in [6.07, 6.45) is 0. The lowest BCUT2D eigenvalue weighted by Gasteiger charge is -2.04. The summed E-state index contributed by atoms with van der Waals surface area (Å²) in [6.45, 7) is -0.536. The van der Waals surface area contributed by atoms with Crippen LogP contribution in [-0.2, 0) is 9.63 Å². The zero-order valence-corrected chi connectivity index (χ0v) is 8.35. The van der Waals surface area contributed by atoms with Crippen molar-refractivity contribution in [2.24, 2.45) is 0 Å². The van der Waals surface area contributed by atoms with E-state index in [1.807, 2.05) is 0 Å². The first-order valence-corrected chi connectivity index (χ1v) is 4.05. The first kappa shape index (κ1) is 11.4. The largest absolute Gasteiger partial charge is 0.479 e. The summed E-state index contributed by atoms with van der Waals surface area (Å²) in [7, 11) is 1.35. The van der Waals surface area contributed by atoms with Crippen LogP contribution in [0.15, 0.2) is 0 Å². The van der Waals surface area contributed by atoms with Gasteiger partial charge in [-0.2, -0.15) is 15.0 Å². The molecule has 9 heteroatoms. The van der Waals surface area contributed by atoms with E-state index in [4.69, 9.17) is 21.4 Å². The second kappa shape index (κ2) is 5.27. The average molecular weight is 235 g/mol. The molecular formula is C6H7ClN4O4. The Balaban J connectivity index is 2.60. The van der Waals surface area contributed by atoms with Crippen molar-refractivity contribution >= 4 is 23.5 Å². The fourth-order valence-electron chi connectivity index (χ4n) is 0.631. The van der Waals surface area contributed by atoms with E-state index in [0.717, 1.165) is 0 Å². The van der Waals surface area contributed by atoms with Gasteiger partial charge in [-0.3, -0.25) is 4.84 Å². The summed E-state index contributed by atoms with van der Waals surface area (Å²) in [5, 5.41) is 8.18. The molecule has 0 fully saturated rings. The molecule has 0 bridgehead atoms. The molecule has 1 rings (SSSR count). The van der Waals surface area contributed by atoms with Crippen LogP contribution in [0.1, 0.15) is 0 Å². The molecule has 1 heterocycles. The third-order valence-corrected chi connectivity index (χ3v) is 1.30. The fraction of sp³-hybridized carbons (Fsp3) is 0.333. The van der Waals surface area contributed by atoms with Gasteiger partial charge in [-0.05, 0) is 11.6 Å². The highest BCUT2D eigenvalue weighted by Gasteiger charge is 2.05. The van der Waals surface area contributed by atoms with Gasteiger partial charge in [0, 0.05) is 0 Å². The minimum atomic E-state index is -1.13. The maximum Gasteiger partial charge on any atom is 0.332 e. The number of hydrogen-bond acceptors (Lipinski definition) is 7. The maximum atomic E-state index is 10.1. The molecular weight excluding hydrogens is 228 g/mol. The van der Waals surface area contributed by atoms with Gasteiger partial charge in [0.1, 0.15) is 0 Å². The molecule has 8 nitrogen and oxygen atoms in total. The number of nitrogens with zero attached hydrogens (tertiary/aromatic N) is 3. The number of hydrogen-bond donors (Lipinski definition) is 2. The average Bonchev–Trinajstić information content (AvgIpc) is 2.16. The van der Waals surface area contributed by atoms with Crippen molar-refractivity contribution in [1.29, 1.82) is 0 Å². The van der Waals surface area contributed by atoms with Crippen LogP contribution in [0.25, 0.3) is 0 Å². The number of halogens is 1. The number of rotatable bonds is 5. The predicted octanol–water partition coefficient (Wildman–Crippen LogP) is -0.0383. The Hall–Kier alpha value is -1.67. The van der Waals surface area contributed by atoms with Crippen LogP contribution in [0.2, 0.25) is 5.28 Å². The molecule has 0 aliphatic heterocycles. The minimum absolute atomic E-state index is 0.00331. The molecule has 15 heavy (non-hydrogen) atoms. The lowest BCUT2D eigenvalue weighted by molar-refractivity contribution is -0.141. The second-order valence-corrected chi connectivity index (χ2v) is 2.54. The molecule has 0 amide bonds. The molecule has 0 aliphatic carbocycles. The molecule has 0 spiro atoms. The molecule has 82 valence electrons. The van der Waals surface area contributed by atoms with Crippen molar-refractivity contribution in [1.82, 2.24) is 15.0 Å². The van der Waals surface area contributed by atoms with E-state index in [2.05, 4.69) is 25.3 Å². The molecule has 0 aliphatic rings. The SMILES string of the molecule is COc1nc(Cl)nc(NOCC(=O)O)n1. The quantitative estimate of drug-likeness (QED) is 0.684. The lowest BCUT2D eigenvalue weighted by atomic mass is 10.8. The third kappa shape index (κ3) is 3.92. The minimum Gasteiger partial charge on any atom is -0.479 e. The maximum absolute atomic E-state index is 10.1. The van der Waals surface area contributed by atoms with Crippen LogP contribution in [0.5, 0.6) is 6.01 Å². The van der Waals surface area contributed by atoms with Crippen molar-refractivity contribution in [3.8, 4) is 6.01 Å². The van der Waals surface area contributed by atoms with Crippen molar-refractivity contribution in [2.75, 3.05) is 19.2 Å². The van der Waals surface area contributed by atoms with Crippen LogP contribution < -0.4 is 10.2 Å². The van der Waals surface area contributed by atoms with Gasteiger partial charge in [-0.25, -0.2) is 10.3 Å². The summed E-state index contributed by atoms with van der Waals surface area (Å²) in [5.41, 5.74) is 2.18. The molecule has 0 saturated heterocycles. The van der Waals surface area contributed by atoms with Gasteiger partial charge < -0.3 is 9.84 Å². The molecule has 0 unspecified atom stereocenters. The number of carboxylic acids is 1. The molecule has 2 N–H and O–H groups in total.